The van der Waals surface area contributed by atoms with E-state index in [2.05, 4.69) is 51.5 Å². The van der Waals surface area contributed by atoms with Crippen LogP contribution in [0.15, 0.2) is 48.5 Å². The van der Waals surface area contributed by atoms with Crippen LogP contribution in [0, 0.1) is 13.8 Å². The molecular formula is C23H26ClN5O. The maximum Gasteiger partial charge on any atom is 0.291 e. The fraction of sp³-hybridized carbons (Fsp3) is 0.348. The fourth-order valence-electron chi connectivity index (χ4n) is 3.89. The van der Waals surface area contributed by atoms with Gasteiger partial charge in [-0.25, -0.2) is 9.67 Å². The van der Waals surface area contributed by atoms with E-state index in [9.17, 15) is 4.79 Å². The van der Waals surface area contributed by atoms with Gasteiger partial charge in [0.15, 0.2) is 0 Å². The first kappa shape index (κ1) is 20.6. The number of likely N-dealkylation sites (tertiary alicyclic amines) is 1. The molecule has 7 heteroatoms. The van der Waals surface area contributed by atoms with Crippen molar-refractivity contribution in [2.75, 3.05) is 13.1 Å². The third-order valence-corrected chi connectivity index (χ3v) is 5.78. The monoisotopic (exact) mass is 423 g/mol. The number of nitrogens with one attached hydrogen (secondary N) is 1. The van der Waals surface area contributed by atoms with Gasteiger partial charge >= 0.3 is 0 Å². The van der Waals surface area contributed by atoms with Crippen molar-refractivity contribution >= 4 is 17.5 Å². The van der Waals surface area contributed by atoms with E-state index < -0.39 is 0 Å². The van der Waals surface area contributed by atoms with Gasteiger partial charge in [0.05, 0.1) is 10.7 Å². The molecule has 1 aliphatic heterocycles. The minimum Gasteiger partial charge on any atom is -0.346 e. The zero-order valence-corrected chi connectivity index (χ0v) is 18.1. The minimum absolute atomic E-state index is 0.138. The number of amides is 1. The summed E-state index contributed by atoms with van der Waals surface area (Å²) in [6.07, 6.45) is 1.84. The predicted molar refractivity (Wildman–Crippen MR) is 118 cm³/mol. The zero-order valence-electron chi connectivity index (χ0n) is 17.3. The van der Waals surface area contributed by atoms with E-state index in [4.69, 9.17) is 11.6 Å². The van der Waals surface area contributed by atoms with Crippen molar-refractivity contribution in [1.29, 1.82) is 0 Å². The van der Waals surface area contributed by atoms with Crippen LogP contribution in [-0.4, -0.2) is 44.7 Å². The minimum atomic E-state index is -0.235. The van der Waals surface area contributed by atoms with Crippen LogP contribution in [0.5, 0.6) is 0 Å². The molecule has 1 aliphatic rings. The largest absolute Gasteiger partial charge is 0.346 e. The van der Waals surface area contributed by atoms with E-state index in [0.717, 1.165) is 32.5 Å². The van der Waals surface area contributed by atoms with Crippen molar-refractivity contribution in [2.24, 2.45) is 0 Å². The molecule has 2 aromatic carbocycles. The van der Waals surface area contributed by atoms with Gasteiger partial charge in [0.2, 0.25) is 5.82 Å². The Balaban J connectivity index is 1.34. The maximum atomic E-state index is 12.7. The number of carbonyl (C=O) groups is 1. The Hall–Kier alpha value is -2.70. The van der Waals surface area contributed by atoms with Gasteiger partial charge in [-0.2, -0.15) is 0 Å². The Morgan fingerprint density at radius 2 is 1.90 bits per heavy atom. The van der Waals surface area contributed by atoms with Gasteiger partial charge < -0.3 is 5.32 Å². The molecule has 2 heterocycles. The summed E-state index contributed by atoms with van der Waals surface area (Å²) < 4.78 is 1.61. The van der Waals surface area contributed by atoms with Crippen LogP contribution >= 0.6 is 11.6 Å². The highest BCUT2D eigenvalue weighted by Gasteiger charge is 2.23. The van der Waals surface area contributed by atoms with Crippen LogP contribution in [0.2, 0.25) is 5.02 Å². The summed E-state index contributed by atoms with van der Waals surface area (Å²) in [6.45, 7) is 6.80. The Kier molecular flexibility index (Phi) is 6.16. The Morgan fingerprint density at radius 1 is 1.13 bits per heavy atom. The Morgan fingerprint density at radius 3 is 2.63 bits per heavy atom. The van der Waals surface area contributed by atoms with Gasteiger partial charge in [-0.05, 0) is 44.4 Å². The molecule has 0 radical (unpaired) electrons. The average Bonchev–Trinajstić information content (AvgIpc) is 3.11. The summed E-state index contributed by atoms with van der Waals surface area (Å²) in [5, 5.41) is 8.05. The molecule has 1 amide bonds. The number of hydrogen-bond acceptors (Lipinski definition) is 4. The number of nitrogens with zero attached hydrogens (tertiary/aromatic N) is 4. The quantitative estimate of drug-likeness (QED) is 0.675. The van der Waals surface area contributed by atoms with Gasteiger partial charge in [-0.3, -0.25) is 9.69 Å². The van der Waals surface area contributed by atoms with Crippen LogP contribution in [-0.2, 0) is 6.54 Å². The molecule has 1 fully saturated rings. The van der Waals surface area contributed by atoms with E-state index >= 15 is 0 Å². The van der Waals surface area contributed by atoms with Gasteiger partial charge in [-0.15, -0.1) is 5.10 Å². The highest BCUT2D eigenvalue weighted by Crippen LogP contribution is 2.20. The lowest BCUT2D eigenvalue weighted by Gasteiger charge is -2.32. The van der Waals surface area contributed by atoms with E-state index in [1.807, 2.05) is 25.1 Å². The molecule has 1 N–H and O–H groups in total. The highest BCUT2D eigenvalue weighted by atomic mass is 35.5. The number of aryl methyl sites for hydroxylation is 2. The van der Waals surface area contributed by atoms with Crippen molar-refractivity contribution in [3.8, 4) is 5.69 Å². The molecule has 0 saturated carbocycles. The number of halogens is 1. The second kappa shape index (κ2) is 8.98. The third-order valence-electron chi connectivity index (χ3n) is 5.46. The summed E-state index contributed by atoms with van der Waals surface area (Å²) in [6, 6.07) is 16.2. The van der Waals surface area contributed by atoms with Crippen LogP contribution in [0.1, 0.15) is 40.4 Å². The summed E-state index contributed by atoms with van der Waals surface area (Å²) in [7, 11) is 0. The van der Waals surface area contributed by atoms with Crippen LogP contribution in [0.3, 0.4) is 0 Å². The van der Waals surface area contributed by atoms with Gasteiger partial charge in [0.1, 0.15) is 5.82 Å². The predicted octanol–water partition coefficient (Wildman–Crippen LogP) is 3.93. The molecule has 3 aromatic rings. The number of carbonyl (C=O) groups excluding carboxylic acids is 1. The first-order chi connectivity index (χ1) is 14.5. The molecule has 0 bridgehead atoms. The van der Waals surface area contributed by atoms with E-state index in [-0.39, 0.29) is 17.8 Å². The number of piperidine rings is 1. The maximum absolute atomic E-state index is 12.7. The number of rotatable bonds is 5. The summed E-state index contributed by atoms with van der Waals surface area (Å²) in [5.74, 6) is 0.567. The molecular weight excluding hydrogens is 398 g/mol. The lowest BCUT2D eigenvalue weighted by molar-refractivity contribution is 0.0898. The Bertz CT molecular complexity index is 1040. The number of aromatic nitrogens is 3. The van der Waals surface area contributed by atoms with Crippen LogP contribution in [0.4, 0.5) is 0 Å². The number of benzene rings is 2. The molecule has 1 saturated heterocycles. The molecule has 0 atom stereocenters. The molecule has 6 nitrogen and oxygen atoms in total. The van der Waals surface area contributed by atoms with Crippen molar-refractivity contribution in [1.82, 2.24) is 25.0 Å². The molecule has 1 aromatic heterocycles. The van der Waals surface area contributed by atoms with E-state index in [0.29, 0.717) is 16.5 Å². The molecule has 30 heavy (non-hydrogen) atoms. The standard InChI is InChI=1S/C23H26ClN5O/c1-16-6-5-7-18(14-16)15-28-12-10-19(11-13-28)26-23(30)22-25-17(2)29(27-22)21-9-4-3-8-20(21)24/h3-9,14,19H,10-13,15H2,1-2H3,(H,26,30). The van der Waals surface area contributed by atoms with Gasteiger partial charge in [0, 0.05) is 25.7 Å². The van der Waals surface area contributed by atoms with Crippen LogP contribution in [0.25, 0.3) is 5.69 Å². The SMILES string of the molecule is Cc1cccc(CN2CCC(NC(=O)c3nc(C)n(-c4ccccc4Cl)n3)CC2)c1. The van der Waals surface area contributed by atoms with E-state index in [1.165, 1.54) is 11.1 Å². The second-order valence-corrected chi connectivity index (χ2v) is 8.27. The number of para-hydroxylation sites is 1. The first-order valence-corrected chi connectivity index (χ1v) is 10.6. The smallest absolute Gasteiger partial charge is 0.291 e. The topological polar surface area (TPSA) is 63.1 Å². The van der Waals surface area contributed by atoms with E-state index in [1.54, 1.807) is 10.7 Å². The summed E-state index contributed by atoms with van der Waals surface area (Å²) in [5.41, 5.74) is 3.34. The first-order valence-electron chi connectivity index (χ1n) is 10.3. The van der Waals surface area contributed by atoms with Crippen molar-refractivity contribution in [3.05, 3.63) is 76.3 Å². The molecule has 156 valence electrons. The summed E-state index contributed by atoms with van der Waals surface area (Å²) >= 11 is 6.26. The molecule has 0 unspecified atom stereocenters. The molecule has 4 rings (SSSR count). The average molecular weight is 424 g/mol. The normalized spacial score (nSPS) is 15.3. The van der Waals surface area contributed by atoms with Crippen molar-refractivity contribution < 1.29 is 4.79 Å². The zero-order chi connectivity index (χ0) is 21.1. The van der Waals surface area contributed by atoms with Crippen LogP contribution < -0.4 is 5.32 Å². The van der Waals surface area contributed by atoms with Gasteiger partial charge in [-0.1, -0.05) is 53.6 Å². The fourth-order valence-corrected chi connectivity index (χ4v) is 4.11. The lowest BCUT2D eigenvalue weighted by atomic mass is 10.0. The summed E-state index contributed by atoms with van der Waals surface area (Å²) in [4.78, 5) is 19.5. The Labute approximate surface area is 181 Å². The van der Waals surface area contributed by atoms with Crippen molar-refractivity contribution in [2.45, 2.75) is 39.3 Å². The van der Waals surface area contributed by atoms with Gasteiger partial charge in [0.25, 0.3) is 5.91 Å². The lowest BCUT2D eigenvalue weighted by Crippen LogP contribution is -2.44. The highest BCUT2D eigenvalue weighted by molar-refractivity contribution is 6.32. The molecule has 0 spiro atoms. The third kappa shape index (κ3) is 4.71. The molecule has 0 aliphatic carbocycles. The van der Waals surface area contributed by atoms with Crippen molar-refractivity contribution in [3.63, 3.8) is 0 Å². The second-order valence-electron chi connectivity index (χ2n) is 7.86. The number of hydrogen-bond donors (Lipinski definition) is 1.